The minimum Gasteiger partial charge on any atom is -0.494 e. The van der Waals surface area contributed by atoms with Crippen molar-refractivity contribution in [2.75, 3.05) is 19.8 Å². The summed E-state index contributed by atoms with van der Waals surface area (Å²) in [4.78, 5) is 12.1. The van der Waals surface area contributed by atoms with Gasteiger partial charge in [-0.3, -0.25) is 0 Å². The number of ether oxygens (including phenoxy) is 3. The molecule has 1 fully saturated rings. The molecule has 5 heteroatoms. The number of hydrogen-bond acceptors (Lipinski definition) is 5. The van der Waals surface area contributed by atoms with Gasteiger partial charge in [0.1, 0.15) is 18.1 Å². The van der Waals surface area contributed by atoms with E-state index in [0.29, 0.717) is 19.0 Å². The molecule has 116 valence electrons. The van der Waals surface area contributed by atoms with Crippen LogP contribution in [0.5, 0.6) is 11.5 Å². The van der Waals surface area contributed by atoms with Gasteiger partial charge in [-0.2, -0.15) is 0 Å². The highest BCUT2D eigenvalue weighted by Gasteiger charge is 2.50. The number of carbonyl (C=O) groups is 1. The molecule has 21 heavy (non-hydrogen) atoms. The first-order chi connectivity index (χ1) is 10.1. The summed E-state index contributed by atoms with van der Waals surface area (Å²) in [6.45, 7) is 4.79. The van der Waals surface area contributed by atoms with Gasteiger partial charge in [0, 0.05) is 0 Å². The van der Waals surface area contributed by atoms with Crippen LogP contribution in [-0.2, 0) is 9.53 Å². The molecule has 2 N–H and O–H groups in total. The molecule has 1 aromatic carbocycles. The maximum absolute atomic E-state index is 12.1. The molecule has 0 radical (unpaired) electrons. The second kappa shape index (κ2) is 6.80. The Morgan fingerprint density at radius 3 is 2.19 bits per heavy atom. The van der Waals surface area contributed by atoms with E-state index in [1.807, 2.05) is 31.2 Å². The summed E-state index contributed by atoms with van der Waals surface area (Å²) in [5, 5.41) is 0. The SMILES string of the molecule is CCOC(=O)C(N)(COc1ccc(OCC)cc1)C1CC1. The van der Waals surface area contributed by atoms with Crippen LogP contribution in [0.2, 0.25) is 0 Å². The van der Waals surface area contributed by atoms with E-state index in [2.05, 4.69) is 0 Å². The predicted octanol–water partition coefficient (Wildman–Crippen LogP) is 2.13. The number of carbonyl (C=O) groups excluding carboxylic acids is 1. The molecule has 5 nitrogen and oxygen atoms in total. The fourth-order valence-corrected chi connectivity index (χ4v) is 2.21. The third-order valence-corrected chi connectivity index (χ3v) is 3.57. The van der Waals surface area contributed by atoms with Crippen molar-refractivity contribution >= 4 is 5.97 Å². The third-order valence-electron chi connectivity index (χ3n) is 3.57. The van der Waals surface area contributed by atoms with Gasteiger partial charge in [0.25, 0.3) is 0 Å². The molecule has 1 atom stereocenters. The van der Waals surface area contributed by atoms with E-state index in [9.17, 15) is 4.79 Å². The van der Waals surface area contributed by atoms with Gasteiger partial charge in [-0.1, -0.05) is 0 Å². The molecule has 1 aromatic rings. The Kier molecular flexibility index (Phi) is 5.07. The lowest BCUT2D eigenvalue weighted by molar-refractivity contribution is -0.151. The number of hydrogen-bond donors (Lipinski definition) is 1. The fraction of sp³-hybridized carbons (Fsp3) is 0.562. The molecule has 0 aromatic heterocycles. The molecule has 0 amide bonds. The topological polar surface area (TPSA) is 70.8 Å². The molecule has 1 aliphatic rings. The Morgan fingerprint density at radius 2 is 1.71 bits per heavy atom. The largest absolute Gasteiger partial charge is 0.494 e. The average molecular weight is 293 g/mol. The monoisotopic (exact) mass is 293 g/mol. The van der Waals surface area contributed by atoms with Crippen molar-refractivity contribution in [3.05, 3.63) is 24.3 Å². The molecule has 0 bridgehead atoms. The van der Waals surface area contributed by atoms with Crippen molar-refractivity contribution in [1.29, 1.82) is 0 Å². The van der Waals surface area contributed by atoms with Crippen LogP contribution in [0.4, 0.5) is 0 Å². The Morgan fingerprint density at radius 1 is 1.14 bits per heavy atom. The van der Waals surface area contributed by atoms with Gasteiger partial charge in [0.05, 0.1) is 13.2 Å². The summed E-state index contributed by atoms with van der Waals surface area (Å²) in [5.74, 6) is 1.23. The smallest absolute Gasteiger partial charge is 0.329 e. The molecule has 1 saturated carbocycles. The third kappa shape index (κ3) is 3.88. The second-order valence-electron chi connectivity index (χ2n) is 5.23. The van der Waals surface area contributed by atoms with Gasteiger partial charge >= 0.3 is 5.97 Å². The number of rotatable bonds is 8. The predicted molar refractivity (Wildman–Crippen MR) is 79.4 cm³/mol. The molecule has 0 saturated heterocycles. The Bertz CT molecular complexity index is 470. The van der Waals surface area contributed by atoms with Gasteiger partial charge in [0.2, 0.25) is 0 Å². The second-order valence-corrected chi connectivity index (χ2v) is 5.23. The van der Waals surface area contributed by atoms with Gasteiger partial charge in [-0.05, 0) is 56.9 Å². The van der Waals surface area contributed by atoms with E-state index in [1.165, 1.54) is 0 Å². The first-order valence-corrected chi connectivity index (χ1v) is 7.42. The van der Waals surface area contributed by atoms with Gasteiger partial charge in [0.15, 0.2) is 5.54 Å². The van der Waals surface area contributed by atoms with Crippen LogP contribution in [0.3, 0.4) is 0 Å². The summed E-state index contributed by atoms with van der Waals surface area (Å²) in [7, 11) is 0. The van der Waals surface area contributed by atoms with E-state index in [-0.39, 0.29) is 18.5 Å². The van der Waals surface area contributed by atoms with Gasteiger partial charge < -0.3 is 19.9 Å². The van der Waals surface area contributed by atoms with Crippen LogP contribution in [-0.4, -0.2) is 31.3 Å². The van der Waals surface area contributed by atoms with Crippen molar-refractivity contribution in [2.45, 2.75) is 32.2 Å². The van der Waals surface area contributed by atoms with Gasteiger partial charge in [-0.25, -0.2) is 4.79 Å². The lowest BCUT2D eigenvalue weighted by Gasteiger charge is -2.27. The Balaban J connectivity index is 1.96. The summed E-state index contributed by atoms with van der Waals surface area (Å²) < 4.78 is 16.1. The zero-order valence-electron chi connectivity index (χ0n) is 12.6. The number of nitrogens with two attached hydrogens (primary N) is 1. The molecule has 1 aliphatic carbocycles. The molecule has 1 unspecified atom stereocenters. The Hall–Kier alpha value is -1.75. The first-order valence-electron chi connectivity index (χ1n) is 7.42. The van der Waals surface area contributed by atoms with E-state index in [1.54, 1.807) is 6.92 Å². The normalized spacial score (nSPS) is 16.9. The maximum Gasteiger partial charge on any atom is 0.329 e. The highest BCUT2D eigenvalue weighted by molar-refractivity contribution is 5.81. The van der Waals surface area contributed by atoms with E-state index < -0.39 is 5.54 Å². The van der Waals surface area contributed by atoms with Crippen molar-refractivity contribution in [1.82, 2.24) is 0 Å². The molecular formula is C16H23NO4. The van der Waals surface area contributed by atoms with Crippen molar-refractivity contribution < 1.29 is 19.0 Å². The minimum atomic E-state index is -1.05. The van der Waals surface area contributed by atoms with E-state index in [4.69, 9.17) is 19.9 Å². The molecular weight excluding hydrogens is 270 g/mol. The summed E-state index contributed by atoms with van der Waals surface area (Å²) in [6.07, 6.45) is 1.89. The highest BCUT2D eigenvalue weighted by Crippen LogP contribution is 2.39. The summed E-state index contributed by atoms with van der Waals surface area (Å²) in [6, 6.07) is 7.28. The van der Waals surface area contributed by atoms with Gasteiger partial charge in [-0.15, -0.1) is 0 Å². The quantitative estimate of drug-likeness (QED) is 0.744. The molecule has 0 spiro atoms. The van der Waals surface area contributed by atoms with Crippen LogP contribution in [0.1, 0.15) is 26.7 Å². The lowest BCUT2D eigenvalue weighted by atomic mass is 9.96. The Labute approximate surface area is 125 Å². The highest BCUT2D eigenvalue weighted by atomic mass is 16.5. The maximum atomic E-state index is 12.1. The van der Waals surface area contributed by atoms with Crippen LogP contribution in [0.15, 0.2) is 24.3 Å². The fourth-order valence-electron chi connectivity index (χ4n) is 2.21. The summed E-state index contributed by atoms with van der Waals surface area (Å²) in [5.41, 5.74) is 5.19. The number of esters is 1. The van der Waals surface area contributed by atoms with Crippen LogP contribution >= 0.6 is 0 Å². The van der Waals surface area contributed by atoms with Crippen molar-refractivity contribution in [2.24, 2.45) is 11.7 Å². The molecule has 0 aliphatic heterocycles. The van der Waals surface area contributed by atoms with Crippen LogP contribution in [0.25, 0.3) is 0 Å². The van der Waals surface area contributed by atoms with Crippen LogP contribution in [0, 0.1) is 5.92 Å². The van der Waals surface area contributed by atoms with Crippen molar-refractivity contribution in [3.63, 3.8) is 0 Å². The average Bonchev–Trinajstić information content (AvgIpc) is 3.32. The van der Waals surface area contributed by atoms with Crippen molar-refractivity contribution in [3.8, 4) is 11.5 Å². The zero-order valence-corrected chi connectivity index (χ0v) is 12.6. The number of benzene rings is 1. The van der Waals surface area contributed by atoms with E-state index in [0.717, 1.165) is 18.6 Å². The standard InChI is InChI=1S/C16H23NO4/c1-3-19-13-7-9-14(10-8-13)21-11-16(17,12-5-6-12)15(18)20-4-2/h7-10,12H,3-6,11,17H2,1-2H3. The molecule has 2 rings (SSSR count). The zero-order chi connectivity index (χ0) is 15.3. The summed E-state index contributed by atoms with van der Waals surface area (Å²) >= 11 is 0. The van der Waals surface area contributed by atoms with E-state index >= 15 is 0 Å². The lowest BCUT2D eigenvalue weighted by Crippen LogP contribution is -2.55. The molecule has 0 heterocycles. The van der Waals surface area contributed by atoms with Crippen LogP contribution < -0.4 is 15.2 Å². The first kappa shape index (κ1) is 15.6. The minimum absolute atomic E-state index is 0.129.